The number of esters is 1. The normalized spacial score (nSPS) is 20.1. The zero-order chi connectivity index (χ0) is 22.6. The fourth-order valence-electron chi connectivity index (χ4n) is 4.21. The molecule has 0 N–H and O–H groups in total. The summed E-state index contributed by atoms with van der Waals surface area (Å²) >= 11 is 0. The lowest BCUT2D eigenvalue weighted by Crippen LogP contribution is -2.65. The number of carbonyl (C=O) groups excluding carboxylic acids is 2. The van der Waals surface area contributed by atoms with Crippen molar-refractivity contribution in [3.63, 3.8) is 0 Å². The molecule has 4 rings (SSSR count). The van der Waals surface area contributed by atoms with Gasteiger partial charge in [-0.15, -0.1) is 0 Å². The highest BCUT2D eigenvalue weighted by molar-refractivity contribution is 6.11. The van der Waals surface area contributed by atoms with E-state index < -0.39 is 17.4 Å². The first-order chi connectivity index (χ1) is 15.6. The van der Waals surface area contributed by atoms with Crippen LogP contribution in [0.1, 0.15) is 22.7 Å². The Balaban J connectivity index is 1.74. The largest absolute Gasteiger partial charge is 0.497 e. The summed E-state index contributed by atoms with van der Waals surface area (Å²) in [5.74, 6) is -0.0892. The van der Waals surface area contributed by atoms with Crippen LogP contribution in [0.2, 0.25) is 0 Å². The van der Waals surface area contributed by atoms with E-state index in [1.54, 1.807) is 18.1 Å². The van der Waals surface area contributed by atoms with Crippen molar-refractivity contribution >= 4 is 18.0 Å². The van der Waals surface area contributed by atoms with Crippen LogP contribution in [0.3, 0.4) is 0 Å². The monoisotopic (exact) mass is 427 g/mol. The van der Waals surface area contributed by atoms with Gasteiger partial charge in [0.25, 0.3) is 0 Å². The fourth-order valence-corrected chi connectivity index (χ4v) is 4.21. The molecule has 32 heavy (non-hydrogen) atoms. The highest BCUT2D eigenvalue weighted by Crippen LogP contribution is 2.53. The Morgan fingerprint density at radius 1 is 0.938 bits per heavy atom. The Hall–Kier alpha value is -3.86. The van der Waals surface area contributed by atoms with Crippen LogP contribution in [0.5, 0.6) is 5.75 Å². The molecule has 3 aromatic carbocycles. The first kappa shape index (κ1) is 21.4. The molecule has 0 aromatic heterocycles. The van der Waals surface area contributed by atoms with E-state index in [1.807, 2.05) is 91.0 Å². The highest BCUT2D eigenvalue weighted by atomic mass is 16.5. The summed E-state index contributed by atoms with van der Waals surface area (Å²) in [6.07, 6.45) is 3.51. The third-order valence-corrected chi connectivity index (χ3v) is 5.85. The van der Waals surface area contributed by atoms with Gasteiger partial charge in [-0.2, -0.15) is 0 Å². The molecule has 1 heterocycles. The average molecular weight is 428 g/mol. The van der Waals surface area contributed by atoms with Crippen molar-refractivity contribution in [2.75, 3.05) is 14.2 Å². The molecule has 1 saturated heterocycles. The quantitative estimate of drug-likeness (QED) is 0.313. The van der Waals surface area contributed by atoms with Gasteiger partial charge in [-0.1, -0.05) is 84.9 Å². The molecule has 0 aliphatic carbocycles. The number of methoxy groups -OCH3 is 2. The fraction of sp³-hybridized carbons (Fsp3) is 0.185. The number of rotatable bonds is 7. The van der Waals surface area contributed by atoms with Gasteiger partial charge in [0, 0.05) is 6.54 Å². The van der Waals surface area contributed by atoms with Crippen LogP contribution in [0.25, 0.3) is 6.08 Å². The predicted octanol–water partition coefficient (Wildman–Crippen LogP) is 4.65. The standard InChI is InChI=1S/C27H25NO4/c1-31-23-15-13-21(14-16-23)19-28-24(22-11-7-4-8-12-22)27(25(28)29,26(30)32-2)18-17-20-9-5-3-6-10-20/h3-18,24H,19H2,1-2H3/b18-17+/t24-,27+/m1/s1. The Kier molecular flexibility index (Phi) is 6.08. The average Bonchev–Trinajstić information content (AvgIpc) is 2.86. The number of hydrogen-bond acceptors (Lipinski definition) is 4. The number of hydrogen-bond donors (Lipinski definition) is 0. The molecule has 1 amide bonds. The van der Waals surface area contributed by atoms with Crippen molar-refractivity contribution in [2.45, 2.75) is 12.6 Å². The summed E-state index contributed by atoms with van der Waals surface area (Å²) in [4.78, 5) is 28.4. The lowest BCUT2D eigenvalue weighted by Gasteiger charge is -2.53. The first-order valence-corrected chi connectivity index (χ1v) is 10.4. The van der Waals surface area contributed by atoms with Gasteiger partial charge >= 0.3 is 5.97 Å². The molecule has 5 heteroatoms. The van der Waals surface area contributed by atoms with E-state index in [1.165, 1.54) is 7.11 Å². The Labute approximate surface area is 187 Å². The van der Waals surface area contributed by atoms with E-state index in [4.69, 9.17) is 9.47 Å². The molecule has 0 radical (unpaired) electrons. The molecule has 162 valence electrons. The van der Waals surface area contributed by atoms with Crippen LogP contribution in [-0.2, 0) is 20.9 Å². The van der Waals surface area contributed by atoms with Crippen molar-refractivity contribution < 1.29 is 19.1 Å². The first-order valence-electron chi connectivity index (χ1n) is 10.4. The van der Waals surface area contributed by atoms with Gasteiger partial charge in [0.1, 0.15) is 5.75 Å². The number of nitrogens with zero attached hydrogens (tertiary/aromatic N) is 1. The summed E-state index contributed by atoms with van der Waals surface area (Å²) in [7, 11) is 2.94. The predicted molar refractivity (Wildman–Crippen MR) is 123 cm³/mol. The van der Waals surface area contributed by atoms with Crippen molar-refractivity contribution in [2.24, 2.45) is 5.41 Å². The van der Waals surface area contributed by atoms with Gasteiger partial charge in [0.15, 0.2) is 5.41 Å². The molecule has 0 bridgehead atoms. The van der Waals surface area contributed by atoms with Crippen LogP contribution in [-0.4, -0.2) is 31.0 Å². The lowest BCUT2D eigenvalue weighted by molar-refractivity contribution is -0.184. The molecule has 1 aliphatic rings. The summed E-state index contributed by atoms with van der Waals surface area (Å²) in [5.41, 5.74) is 1.32. The van der Waals surface area contributed by atoms with Crippen LogP contribution >= 0.6 is 0 Å². The van der Waals surface area contributed by atoms with Crippen molar-refractivity contribution in [1.82, 2.24) is 4.90 Å². The maximum Gasteiger partial charge on any atom is 0.327 e. The summed E-state index contributed by atoms with van der Waals surface area (Å²) < 4.78 is 10.4. The molecule has 0 unspecified atom stereocenters. The third kappa shape index (κ3) is 3.78. The Bertz CT molecular complexity index is 1110. The molecule has 2 atom stereocenters. The number of ether oxygens (including phenoxy) is 2. The zero-order valence-electron chi connectivity index (χ0n) is 18.1. The van der Waals surface area contributed by atoms with E-state index in [-0.39, 0.29) is 5.91 Å². The van der Waals surface area contributed by atoms with Crippen LogP contribution in [0.15, 0.2) is 91.0 Å². The molecular formula is C27H25NO4. The van der Waals surface area contributed by atoms with Gasteiger partial charge < -0.3 is 14.4 Å². The zero-order valence-corrected chi connectivity index (χ0v) is 18.1. The Morgan fingerprint density at radius 3 is 2.16 bits per heavy atom. The molecule has 1 fully saturated rings. The van der Waals surface area contributed by atoms with Crippen molar-refractivity contribution in [1.29, 1.82) is 0 Å². The van der Waals surface area contributed by atoms with Crippen molar-refractivity contribution in [3.05, 3.63) is 108 Å². The maximum absolute atomic E-state index is 13.6. The SMILES string of the molecule is COC(=O)[C@]1(/C=C/c2ccccc2)C(=O)N(Cc2ccc(OC)cc2)[C@@H]1c1ccccc1. The van der Waals surface area contributed by atoms with Gasteiger partial charge in [-0.3, -0.25) is 9.59 Å². The van der Waals surface area contributed by atoms with Gasteiger partial charge in [0.2, 0.25) is 5.91 Å². The van der Waals surface area contributed by atoms with E-state index in [2.05, 4.69) is 0 Å². The molecule has 1 aliphatic heterocycles. The number of benzene rings is 3. The lowest BCUT2D eigenvalue weighted by atomic mass is 9.67. The second-order valence-electron chi connectivity index (χ2n) is 7.70. The minimum absolute atomic E-state index is 0.277. The third-order valence-electron chi connectivity index (χ3n) is 5.85. The van der Waals surface area contributed by atoms with Gasteiger partial charge in [-0.05, 0) is 28.8 Å². The molecule has 0 spiro atoms. The van der Waals surface area contributed by atoms with Gasteiger partial charge in [-0.25, -0.2) is 0 Å². The van der Waals surface area contributed by atoms with E-state index in [0.29, 0.717) is 6.54 Å². The van der Waals surface area contributed by atoms with E-state index >= 15 is 0 Å². The second-order valence-corrected chi connectivity index (χ2v) is 7.70. The maximum atomic E-state index is 13.6. The molecular weight excluding hydrogens is 402 g/mol. The molecule has 0 saturated carbocycles. The summed E-state index contributed by atoms with van der Waals surface area (Å²) in [6.45, 7) is 0.375. The highest BCUT2D eigenvalue weighted by Gasteiger charge is 2.65. The minimum atomic E-state index is -1.42. The summed E-state index contributed by atoms with van der Waals surface area (Å²) in [5, 5.41) is 0. The Morgan fingerprint density at radius 2 is 1.56 bits per heavy atom. The van der Waals surface area contributed by atoms with E-state index in [9.17, 15) is 9.59 Å². The summed E-state index contributed by atoms with van der Waals surface area (Å²) in [6, 6.07) is 26.3. The van der Waals surface area contributed by atoms with E-state index in [0.717, 1.165) is 22.4 Å². The van der Waals surface area contributed by atoms with Gasteiger partial charge in [0.05, 0.1) is 20.3 Å². The minimum Gasteiger partial charge on any atom is -0.497 e. The van der Waals surface area contributed by atoms with Crippen LogP contribution in [0, 0.1) is 5.41 Å². The number of carbonyl (C=O) groups is 2. The number of amides is 1. The van der Waals surface area contributed by atoms with Crippen molar-refractivity contribution in [3.8, 4) is 5.75 Å². The van der Waals surface area contributed by atoms with Crippen LogP contribution in [0.4, 0.5) is 0 Å². The molecule has 3 aromatic rings. The molecule has 5 nitrogen and oxygen atoms in total. The van der Waals surface area contributed by atoms with Crippen LogP contribution < -0.4 is 4.74 Å². The second kappa shape index (κ2) is 9.10. The topological polar surface area (TPSA) is 55.8 Å². The number of likely N-dealkylation sites (tertiary alicyclic amines) is 1. The number of β-lactam (4-membered cyclic amide) rings is 1. The smallest absolute Gasteiger partial charge is 0.327 e.